The van der Waals surface area contributed by atoms with E-state index in [1.165, 1.54) is 41.7 Å². The molecule has 0 unspecified atom stereocenters. The maximum absolute atomic E-state index is 13.3. The minimum Gasteiger partial charge on any atom is -0.352 e. The predicted molar refractivity (Wildman–Crippen MR) is 115 cm³/mol. The molecule has 31 heavy (non-hydrogen) atoms. The van der Waals surface area contributed by atoms with E-state index in [1.54, 1.807) is 18.2 Å². The van der Waals surface area contributed by atoms with Crippen molar-refractivity contribution >= 4 is 32.2 Å². The number of aromatic nitrogens is 2. The van der Waals surface area contributed by atoms with Gasteiger partial charge < -0.3 is 5.32 Å². The van der Waals surface area contributed by atoms with Gasteiger partial charge >= 0.3 is 0 Å². The van der Waals surface area contributed by atoms with E-state index in [1.807, 2.05) is 22.2 Å². The highest BCUT2D eigenvalue weighted by Gasteiger charge is 2.15. The first-order valence-corrected chi connectivity index (χ1v) is 11.8. The normalized spacial score (nSPS) is 11.6. The van der Waals surface area contributed by atoms with Crippen molar-refractivity contribution in [3.05, 3.63) is 88.9 Å². The molecule has 4 aromatic rings. The van der Waals surface area contributed by atoms with Crippen LogP contribution < -0.4 is 10.0 Å². The molecule has 0 fully saturated rings. The fourth-order valence-corrected chi connectivity index (χ4v) is 4.83. The lowest BCUT2D eigenvalue weighted by atomic mass is 10.2. The molecule has 1 amide bonds. The molecular weight excluding hydrogens is 439 g/mol. The molecule has 160 valence electrons. The molecule has 0 atom stereocenters. The minimum atomic E-state index is -3.79. The number of amides is 1. The Morgan fingerprint density at radius 1 is 1.10 bits per heavy atom. The van der Waals surface area contributed by atoms with Crippen LogP contribution in [0.2, 0.25) is 0 Å². The molecule has 0 bridgehead atoms. The number of carbonyl (C=O) groups is 1. The second-order valence-electron chi connectivity index (χ2n) is 6.88. The largest absolute Gasteiger partial charge is 0.352 e. The quantitative estimate of drug-likeness (QED) is 0.425. The maximum Gasteiger partial charge on any atom is 0.240 e. The van der Waals surface area contributed by atoms with E-state index in [-0.39, 0.29) is 30.3 Å². The first-order chi connectivity index (χ1) is 14.9. The summed E-state index contributed by atoms with van der Waals surface area (Å²) in [5.74, 6) is -0.631. The molecule has 2 aromatic carbocycles. The highest BCUT2D eigenvalue weighted by molar-refractivity contribution is 7.89. The van der Waals surface area contributed by atoms with Gasteiger partial charge in [-0.15, -0.1) is 11.3 Å². The van der Waals surface area contributed by atoms with Crippen molar-refractivity contribution in [2.24, 2.45) is 0 Å². The smallest absolute Gasteiger partial charge is 0.240 e. The van der Waals surface area contributed by atoms with Crippen molar-refractivity contribution in [3.63, 3.8) is 0 Å². The summed E-state index contributed by atoms with van der Waals surface area (Å²) in [6, 6.07) is 12.1. The summed E-state index contributed by atoms with van der Waals surface area (Å²) in [6.45, 7) is 0.164. The second-order valence-corrected chi connectivity index (χ2v) is 9.52. The van der Waals surface area contributed by atoms with Crippen molar-refractivity contribution in [3.8, 4) is 0 Å². The zero-order valence-corrected chi connectivity index (χ0v) is 17.9. The van der Waals surface area contributed by atoms with E-state index in [4.69, 9.17) is 0 Å². The minimum absolute atomic E-state index is 0.0246. The van der Waals surface area contributed by atoms with Gasteiger partial charge in [0.05, 0.1) is 17.0 Å². The molecule has 0 saturated carbocycles. The number of nitrogens with one attached hydrogen (secondary N) is 2. The summed E-state index contributed by atoms with van der Waals surface area (Å²) in [5.41, 5.74) is 1.83. The number of benzene rings is 2. The fourth-order valence-electron chi connectivity index (χ4n) is 3.02. The number of rotatable bonds is 8. The Bertz CT molecular complexity index is 1300. The first kappa shape index (κ1) is 21.2. The fraction of sp³-hybridized carbons (Fsp3) is 0.143. The van der Waals surface area contributed by atoms with Crippen molar-refractivity contribution in [1.82, 2.24) is 19.4 Å². The van der Waals surface area contributed by atoms with E-state index in [0.29, 0.717) is 16.8 Å². The third-order valence-electron chi connectivity index (χ3n) is 4.54. The molecule has 2 N–H and O–H groups in total. The molecule has 0 aliphatic rings. The maximum atomic E-state index is 13.3. The van der Waals surface area contributed by atoms with Gasteiger partial charge in [0, 0.05) is 30.9 Å². The molecule has 4 rings (SSSR count). The number of hydrogen-bond acceptors (Lipinski definition) is 5. The zero-order chi connectivity index (χ0) is 21.8. The number of sulfonamides is 1. The van der Waals surface area contributed by atoms with Crippen molar-refractivity contribution in [2.75, 3.05) is 0 Å². The average Bonchev–Trinajstić information content (AvgIpc) is 3.33. The van der Waals surface area contributed by atoms with Crippen LogP contribution in [0.4, 0.5) is 4.39 Å². The van der Waals surface area contributed by atoms with E-state index >= 15 is 0 Å². The summed E-state index contributed by atoms with van der Waals surface area (Å²) in [6.07, 6.45) is 3.83. The highest BCUT2D eigenvalue weighted by atomic mass is 32.2. The summed E-state index contributed by atoms with van der Waals surface area (Å²) in [4.78, 5) is 17.5. The summed E-state index contributed by atoms with van der Waals surface area (Å²) >= 11 is 1.49. The van der Waals surface area contributed by atoms with Gasteiger partial charge in [-0.2, -0.15) is 0 Å². The summed E-state index contributed by atoms with van der Waals surface area (Å²) in [7, 11) is -3.79. The lowest BCUT2D eigenvalue weighted by molar-refractivity contribution is -0.120. The van der Waals surface area contributed by atoms with Crippen molar-refractivity contribution in [1.29, 1.82) is 0 Å². The van der Waals surface area contributed by atoms with Crippen LogP contribution in [-0.4, -0.2) is 23.7 Å². The van der Waals surface area contributed by atoms with Crippen LogP contribution in [0.25, 0.3) is 4.96 Å². The van der Waals surface area contributed by atoms with Gasteiger partial charge in [0.25, 0.3) is 0 Å². The Morgan fingerprint density at radius 2 is 1.87 bits per heavy atom. The lowest BCUT2D eigenvalue weighted by Gasteiger charge is -2.09. The average molecular weight is 459 g/mol. The second kappa shape index (κ2) is 8.96. The van der Waals surface area contributed by atoms with Crippen LogP contribution in [0.3, 0.4) is 0 Å². The topological polar surface area (TPSA) is 92.6 Å². The number of fused-ring (bicyclic) bond motifs is 1. The van der Waals surface area contributed by atoms with E-state index < -0.39 is 15.8 Å². The predicted octanol–water partition coefficient (Wildman–Crippen LogP) is 2.87. The number of carbonyl (C=O) groups excluding carboxylic acids is 1. The van der Waals surface area contributed by atoms with Crippen LogP contribution >= 0.6 is 11.3 Å². The van der Waals surface area contributed by atoms with Gasteiger partial charge in [-0.1, -0.05) is 24.3 Å². The third-order valence-corrected chi connectivity index (χ3v) is 6.71. The number of imidazole rings is 1. The molecule has 0 spiro atoms. The van der Waals surface area contributed by atoms with Crippen LogP contribution in [0.1, 0.15) is 16.8 Å². The van der Waals surface area contributed by atoms with Gasteiger partial charge in [-0.3, -0.25) is 9.20 Å². The van der Waals surface area contributed by atoms with E-state index in [0.717, 1.165) is 4.96 Å². The third kappa shape index (κ3) is 5.35. The standard InChI is InChI=1S/C21H19FN4O3S2/c22-17-5-1-3-15(9-17)13-24-31(28,29)19-6-2-4-16(10-19)12-23-20(27)11-18-14-26-7-8-30-21(26)25-18/h1-10,14,24H,11-13H2,(H,23,27). The number of nitrogens with zero attached hydrogens (tertiary/aromatic N) is 2. The van der Waals surface area contributed by atoms with Crippen LogP contribution in [0.15, 0.2) is 71.2 Å². The van der Waals surface area contributed by atoms with Crippen molar-refractivity contribution in [2.45, 2.75) is 24.4 Å². The summed E-state index contributed by atoms with van der Waals surface area (Å²) < 4.78 is 42.8. The number of halogens is 1. The molecular formula is C21H19FN4O3S2. The van der Waals surface area contributed by atoms with Gasteiger partial charge in [-0.25, -0.2) is 22.5 Å². The molecule has 2 heterocycles. The van der Waals surface area contributed by atoms with Gasteiger partial charge in [-0.05, 0) is 35.4 Å². The first-order valence-electron chi connectivity index (χ1n) is 9.40. The molecule has 10 heteroatoms. The number of thiazole rings is 1. The van der Waals surface area contributed by atoms with Gasteiger partial charge in [0.2, 0.25) is 15.9 Å². The lowest BCUT2D eigenvalue weighted by Crippen LogP contribution is -2.25. The Kier molecular flexibility index (Phi) is 6.12. The van der Waals surface area contributed by atoms with Gasteiger partial charge in [0.1, 0.15) is 5.82 Å². The Morgan fingerprint density at radius 3 is 2.65 bits per heavy atom. The molecule has 0 aliphatic carbocycles. The van der Waals surface area contributed by atoms with Crippen LogP contribution in [-0.2, 0) is 34.3 Å². The summed E-state index contributed by atoms with van der Waals surface area (Å²) in [5, 5.41) is 4.70. The van der Waals surface area contributed by atoms with Crippen molar-refractivity contribution < 1.29 is 17.6 Å². The SMILES string of the molecule is O=C(Cc1cn2ccsc2n1)NCc1cccc(S(=O)(=O)NCc2cccc(F)c2)c1. The monoisotopic (exact) mass is 458 g/mol. The van der Waals surface area contributed by atoms with Gasteiger partial charge in [0.15, 0.2) is 4.96 Å². The Balaban J connectivity index is 1.35. The molecule has 2 aromatic heterocycles. The Labute approximate surface area is 182 Å². The highest BCUT2D eigenvalue weighted by Crippen LogP contribution is 2.14. The van der Waals surface area contributed by atoms with E-state index in [9.17, 15) is 17.6 Å². The molecule has 0 radical (unpaired) electrons. The number of hydrogen-bond donors (Lipinski definition) is 2. The molecule has 7 nitrogen and oxygen atoms in total. The van der Waals surface area contributed by atoms with E-state index in [2.05, 4.69) is 15.0 Å². The Hall–Kier alpha value is -3.08. The zero-order valence-electron chi connectivity index (χ0n) is 16.3. The van der Waals surface area contributed by atoms with Crippen LogP contribution in [0, 0.1) is 5.82 Å². The molecule has 0 saturated heterocycles. The molecule has 0 aliphatic heterocycles. The van der Waals surface area contributed by atoms with Crippen LogP contribution in [0.5, 0.6) is 0 Å².